The predicted octanol–water partition coefficient (Wildman–Crippen LogP) is 5.79. The van der Waals surface area contributed by atoms with Crippen LogP contribution in [0.15, 0.2) is 65.3 Å². The smallest absolute Gasteiger partial charge is 0.0115 e. The summed E-state index contributed by atoms with van der Waals surface area (Å²) in [6.45, 7) is 4.63. The standard InChI is InChI=1S/C20H24/c1-15-7-6-10-17-13-12-16(2)20(19(17)14-11-15)18-8-4-3-5-9-18/h3-5,7-9,11,14,16,20H,6,10,12-13H2,1-2H3/b14-11-,15-7-/t16-,20-/m0/s1. The highest BCUT2D eigenvalue weighted by molar-refractivity contribution is 5.43. The molecule has 0 N–H and O–H groups in total. The van der Waals surface area contributed by atoms with Gasteiger partial charge in [0, 0.05) is 5.92 Å². The molecule has 0 fully saturated rings. The second kappa shape index (κ2) is 5.83. The van der Waals surface area contributed by atoms with E-state index in [4.69, 9.17) is 0 Å². The summed E-state index contributed by atoms with van der Waals surface area (Å²) in [6, 6.07) is 11.1. The van der Waals surface area contributed by atoms with Crippen LogP contribution in [0.4, 0.5) is 0 Å². The minimum Gasteiger partial charge on any atom is -0.0813 e. The molecule has 0 amide bonds. The third-order valence-electron chi connectivity index (χ3n) is 4.81. The summed E-state index contributed by atoms with van der Waals surface area (Å²) in [4.78, 5) is 0. The average molecular weight is 264 g/mol. The van der Waals surface area contributed by atoms with E-state index in [1.165, 1.54) is 36.8 Å². The van der Waals surface area contributed by atoms with E-state index in [-0.39, 0.29) is 0 Å². The zero-order valence-electron chi connectivity index (χ0n) is 12.6. The largest absolute Gasteiger partial charge is 0.0813 e. The highest BCUT2D eigenvalue weighted by Gasteiger charge is 2.28. The van der Waals surface area contributed by atoms with Crippen LogP contribution in [0.25, 0.3) is 0 Å². The Morgan fingerprint density at radius 3 is 2.60 bits per heavy atom. The summed E-state index contributed by atoms with van der Waals surface area (Å²) in [6.07, 6.45) is 12.1. The highest BCUT2D eigenvalue weighted by atomic mass is 14.3. The molecule has 0 heteroatoms. The molecule has 2 aliphatic rings. The molecule has 0 aliphatic heterocycles. The van der Waals surface area contributed by atoms with E-state index in [0.29, 0.717) is 5.92 Å². The normalized spacial score (nSPS) is 30.8. The Morgan fingerprint density at radius 2 is 1.80 bits per heavy atom. The van der Waals surface area contributed by atoms with Crippen molar-refractivity contribution >= 4 is 0 Å². The Bertz CT molecular complexity index is 557. The fourth-order valence-corrected chi connectivity index (χ4v) is 3.66. The molecule has 0 bridgehead atoms. The maximum atomic E-state index is 2.41. The predicted molar refractivity (Wildman–Crippen MR) is 86.7 cm³/mol. The van der Waals surface area contributed by atoms with Gasteiger partial charge in [0.1, 0.15) is 0 Å². The summed E-state index contributed by atoms with van der Waals surface area (Å²) >= 11 is 0. The second-order valence-corrected chi connectivity index (χ2v) is 6.28. The number of allylic oxidation sites excluding steroid dienone is 6. The molecule has 0 spiro atoms. The molecule has 3 rings (SSSR count). The van der Waals surface area contributed by atoms with Gasteiger partial charge in [-0.3, -0.25) is 0 Å². The van der Waals surface area contributed by atoms with Crippen LogP contribution >= 0.6 is 0 Å². The van der Waals surface area contributed by atoms with E-state index in [1.54, 1.807) is 11.1 Å². The second-order valence-electron chi connectivity index (χ2n) is 6.28. The third kappa shape index (κ3) is 2.65. The van der Waals surface area contributed by atoms with Crippen LogP contribution < -0.4 is 0 Å². The zero-order chi connectivity index (χ0) is 13.9. The molecular formula is C20H24. The van der Waals surface area contributed by atoms with Crippen molar-refractivity contribution in [3.63, 3.8) is 0 Å². The molecule has 0 unspecified atom stereocenters. The molecule has 0 radical (unpaired) electrons. The first-order chi connectivity index (χ1) is 9.75. The Kier molecular flexibility index (Phi) is 3.91. The number of benzene rings is 1. The molecule has 20 heavy (non-hydrogen) atoms. The van der Waals surface area contributed by atoms with E-state index in [2.05, 4.69) is 62.4 Å². The van der Waals surface area contributed by atoms with Crippen molar-refractivity contribution in [3.05, 3.63) is 70.8 Å². The summed E-state index contributed by atoms with van der Waals surface area (Å²) < 4.78 is 0. The Morgan fingerprint density at radius 1 is 1.00 bits per heavy atom. The lowest BCUT2D eigenvalue weighted by Gasteiger charge is -2.33. The summed E-state index contributed by atoms with van der Waals surface area (Å²) in [7, 11) is 0. The van der Waals surface area contributed by atoms with Gasteiger partial charge in [0.25, 0.3) is 0 Å². The van der Waals surface area contributed by atoms with Gasteiger partial charge < -0.3 is 0 Å². The lowest BCUT2D eigenvalue weighted by molar-refractivity contribution is 0.439. The highest BCUT2D eigenvalue weighted by Crippen LogP contribution is 2.44. The first-order valence-electron chi connectivity index (χ1n) is 7.87. The fraction of sp³-hybridized carbons (Fsp3) is 0.400. The lowest BCUT2D eigenvalue weighted by Crippen LogP contribution is -2.19. The number of hydrogen-bond acceptors (Lipinski definition) is 0. The zero-order valence-corrected chi connectivity index (χ0v) is 12.6. The molecule has 0 heterocycles. The van der Waals surface area contributed by atoms with Crippen molar-refractivity contribution in [2.24, 2.45) is 5.92 Å². The maximum absolute atomic E-state index is 2.41. The van der Waals surface area contributed by atoms with Gasteiger partial charge in [0.05, 0.1) is 0 Å². The van der Waals surface area contributed by atoms with Crippen molar-refractivity contribution in [3.8, 4) is 0 Å². The first kappa shape index (κ1) is 13.4. The van der Waals surface area contributed by atoms with Gasteiger partial charge in [-0.15, -0.1) is 0 Å². The number of hydrogen-bond donors (Lipinski definition) is 0. The Labute approximate surface area is 122 Å². The van der Waals surface area contributed by atoms with E-state index >= 15 is 0 Å². The van der Waals surface area contributed by atoms with Crippen molar-refractivity contribution in [1.82, 2.24) is 0 Å². The van der Waals surface area contributed by atoms with Crippen molar-refractivity contribution in [1.29, 1.82) is 0 Å². The monoisotopic (exact) mass is 264 g/mol. The fourth-order valence-electron chi connectivity index (χ4n) is 3.66. The van der Waals surface area contributed by atoms with Gasteiger partial charge in [-0.2, -0.15) is 0 Å². The van der Waals surface area contributed by atoms with Crippen LogP contribution in [0.1, 0.15) is 51.0 Å². The van der Waals surface area contributed by atoms with Crippen LogP contribution in [0.2, 0.25) is 0 Å². The van der Waals surface area contributed by atoms with E-state index in [1.807, 2.05) is 0 Å². The quantitative estimate of drug-likeness (QED) is 0.602. The van der Waals surface area contributed by atoms with Crippen LogP contribution in [0, 0.1) is 5.92 Å². The Balaban J connectivity index is 2.04. The minimum atomic E-state index is 0.585. The van der Waals surface area contributed by atoms with Gasteiger partial charge in [-0.05, 0) is 49.7 Å². The Hall–Kier alpha value is -1.56. The van der Waals surface area contributed by atoms with E-state index in [0.717, 1.165) is 5.92 Å². The van der Waals surface area contributed by atoms with Gasteiger partial charge in [0.2, 0.25) is 0 Å². The molecule has 104 valence electrons. The molecule has 0 saturated carbocycles. The van der Waals surface area contributed by atoms with E-state index < -0.39 is 0 Å². The summed E-state index contributed by atoms with van der Waals surface area (Å²) in [5.74, 6) is 1.33. The molecule has 1 aromatic carbocycles. The molecule has 1 aromatic rings. The van der Waals surface area contributed by atoms with E-state index in [9.17, 15) is 0 Å². The topological polar surface area (TPSA) is 0 Å². The van der Waals surface area contributed by atoms with Crippen LogP contribution in [-0.2, 0) is 0 Å². The number of rotatable bonds is 1. The minimum absolute atomic E-state index is 0.585. The maximum Gasteiger partial charge on any atom is 0.0115 e. The van der Waals surface area contributed by atoms with Crippen LogP contribution in [0.5, 0.6) is 0 Å². The van der Waals surface area contributed by atoms with Gasteiger partial charge in [-0.25, -0.2) is 0 Å². The third-order valence-corrected chi connectivity index (χ3v) is 4.81. The van der Waals surface area contributed by atoms with Crippen molar-refractivity contribution in [2.45, 2.75) is 45.4 Å². The molecular weight excluding hydrogens is 240 g/mol. The van der Waals surface area contributed by atoms with Crippen molar-refractivity contribution < 1.29 is 0 Å². The summed E-state index contributed by atoms with van der Waals surface area (Å²) in [5.41, 5.74) is 6.18. The van der Waals surface area contributed by atoms with Gasteiger partial charge in [-0.1, -0.05) is 66.6 Å². The lowest BCUT2D eigenvalue weighted by atomic mass is 9.71. The van der Waals surface area contributed by atoms with Crippen LogP contribution in [-0.4, -0.2) is 0 Å². The first-order valence-corrected chi connectivity index (χ1v) is 7.87. The molecule has 0 nitrogen and oxygen atoms in total. The van der Waals surface area contributed by atoms with Gasteiger partial charge in [0.15, 0.2) is 0 Å². The van der Waals surface area contributed by atoms with Crippen molar-refractivity contribution in [2.75, 3.05) is 0 Å². The molecule has 0 saturated heterocycles. The van der Waals surface area contributed by atoms with Gasteiger partial charge >= 0.3 is 0 Å². The summed E-state index contributed by atoms with van der Waals surface area (Å²) in [5, 5.41) is 0. The SMILES string of the molecule is CC1=C/CCC2=C(/C=C\1)[C@H](c1ccccc1)[C@@H](C)CC2. The van der Waals surface area contributed by atoms with Crippen LogP contribution in [0.3, 0.4) is 0 Å². The molecule has 2 aliphatic carbocycles. The molecule has 2 atom stereocenters. The average Bonchev–Trinajstić information content (AvgIpc) is 2.45. The molecule has 0 aromatic heterocycles.